The Morgan fingerprint density at radius 1 is 0.622 bits per heavy atom. The fraction of sp³-hybridized carbons (Fsp3) is 0.156. The third kappa shape index (κ3) is 5.97. The van der Waals surface area contributed by atoms with Crippen LogP contribution in [-0.2, 0) is 19.6 Å². The van der Waals surface area contributed by atoms with Gasteiger partial charge in [0.1, 0.15) is 5.84 Å². The SMILES string of the molecule is C1=C(c2ccc(CN(Cc3ccccc3)Cc3ccccc3)cc2)N2CCN=C2c2ccccc21.Cl.Cl. The van der Waals surface area contributed by atoms with Crippen molar-refractivity contribution in [1.82, 2.24) is 9.80 Å². The average Bonchev–Trinajstić information content (AvgIpc) is 3.40. The summed E-state index contributed by atoms with van der Waals surface area (Å²) in [6.45, 7) is 4.55. The number of fused-ring (bicyclic) bond motifs is 3. The molecule has 0 atom stereocenters. The van der Waals surface area contributed by atoms with Crippen molar-refractivity contribution in [3.63, 3.8) is 0 Å². The highest BCUT2D eigenvalue weighted by Gasteiger charge is 2.28. The van der Waals surface area contributed by atoms with E-state index in [9.17, 15) is 0 Å². The van der Waals surface area contributed by atoms with E-state index in [1.54, 1.807) is 0 Å². The van der Waals surface area contributed by atoms with Gasteiger partial charge < -0.3 is 4.90 Å². The van der Waals surface area contributed by atoms with Crippen LogP contribution >= 0.6 is 24.8 Å². The van der Waals surface area contributed by atoms with Crippen LogP contribution in [-0.4, -0.2) is 28.7 Å². The molecule has 5 heteroatoms. The lowest BCUT2D eigenvalue weighted by atomic mass is 9.97. The normalized spacial score (nSPS) is 13.6. The fourth-order valence-corrected chi connectivity index (χ4v) is 5.09. The van der Waals surface area contributed by atoms with Crippen LogP contribution < -0.4 is 0 Å². The van der Waals surface area contributed by atoms with Crippen molar-refractivity contribution in [2.45, 2.75) is 19.6 Å². The first-order valence-corrected chi connectivity index (χ1v) is 12.4. The van der Waals surface area contributed by atoms with Crippen LogP contribution in [0.25, 0.3) is 11.8 Å². The number of benzene rings is 4. The topological polar surface area (TPSA) is 18.8 Å². The zero-order valence-electron chi connectivity index (χ0n) is 20.7. The van der Waals surface area contributed by atoms with Crippen LogP contribution in [0.2, 0.25) is 0 Å². The maximum atomic E-state index is 4.81. The van der Waals surface area contributed by atoms with E-state index < -0.39 is 0 Å². The quantitative estimate of drug-likeness (QED) is 0.251. The molecule has 0 saturated heterocycles. The zero-order chi connectivity index (χ0) is 23.5. The molecular weight excluding hydrogens is 497 g/mol. The summed E-state index contributed by atoms with van der Waals surface area (Å²) in [6.07, 6.45) is 2.31. The predicted molar refractivity (Wildman–Crippen MR) is 159 cm³/mol. The number of hydrogen-bond donors (Lipinski definition) is 0. The summed E-state index contributed by atoms with van der Waals surface area (Å²) in [4.78, 5) is 9.69. The number of halogens is 2. The molecule has 0 spiro atoms. The first-order valence-electron chi connectivity index (χ1n) is 12.4. The molecule has 0 N–H and O–H groups in total. The lowest BCUT2D eigenvalue weighted by Gasteiger charge is -2.29. The molecule has 6 rings (SSSR count). The van der Waals surface area contributed by atoms with Crippen molar-refractivity contribution in [2.75, 3.05) is 13.1 Å². The average molecular weight is 529 g/mol. The van der Waals surface area contributed by atoms with Crippen LogP contribution in [0, 0.1) is 0 Å². The summed E-state index contributed by atoms with van der Waals surface area (Å²) >= 11 is 0. The van der Waals surface area contributed by atoms with E-state index in [2.05, 4.69) is 125 Å². The van der Waals surface area contributed by atoms with Crippen molar-refractivity contribution >= 4 is 42.4 Å². The Morgan fingerprint density at radius 3 is 1.78 bits per heavy atom. The smallest absolute Gasteiger partial charge is 0.136 e. The third-order valence-corrected chi connectivity index (χ3v) is 6.78. The lowest BCUT2D eigenvalue weighted by molar-refractivity contribution is 0.247. The number of rotatable bonds is 7. The van der Waals surface area contributed by atoms with E-state index >= 15 is 0 Å². The second-order valence-electron chi connectivity index (χ2n) is 9.29. The number of hydrogen-bond acceptors (Lipinski definition) is 3. The fourth-order valence-electron chi connectivity index (χ4n) is 5.09. The molecule has 0 aliphatic carbocycles. The minimum absolute atomic E-state index is 0. The van der Waals surface area contributed by atoms with Gasteiger partial charge in [-0.15, -0.1) is 24.8 Å². The molecule has 4 aromatic rings. The minimum Gasteiger partial charge on any atom is -0.324 e. The van der Waals surface area contributed by atoms with E-state index in [-0.39, 0.29) is 24.8 Å². The van der Waals surface area contributed by atoms with Crippen molar-refractivity contribution in [2.24, 2.45) is 4.99 Å². The summed E-state index contributed by atoms with van der Waals surface area (Å²) in [5.41, 5.74) is 8.99. The molecule has 2 aliphatic rings. The van der Waals surface area contributed by atoms with Crippen molar-refractivity contribution in [1.29, 1.82) is 0 Å². The first kappa shape index (κ1) is 26.7. The molecule has 0 aromatic heterocycles. The highest BCUT2D eigenvalue weighted by Crippen LogP contribution is 2.33. The highest BCUT2D eigenvalue weighted by molar-refractivity contribution is 6.12. The second-order valence-corrected chi connectivity index (χ2v) is 9.29. The molecule has 0 radical (unpaired) electrons. The monoisotopic (exact) mass is 527 g/mol. The Morgan fingerprint density at radius 2 is 1.16 bits per heavy atom. The molecular formula is C32H31Cl2N3. The number of nitrogens with zero attached hydrogens (tertiary/aromatic N) is 3. The van der Waals surface area contributed by atoms with Crippen molar-refractivity contribution in [3.05, 3.63) is 143 Å². The van der Waals surface area contributed by atoms with E-state index in [1.165, 1.54) is 39.1 Å². The molecule has 0 unspecified atom stereocenters. The Labute approximate surface area is 232 Å². The molecule has 37 heavy (non-hydrogen) atoms. The zero-order valence-corrected chi connectivity index (χ0v) is 22.3. The van der Waals surface area contributed by atoms with Gasteiger partial charge in [0, 0.05) is 31.7 Å². The molecule has 188 valence electrons. The van der Waals surface area contributed by atoms with Gasteiger partial charge in [-0.1, -0.05) is 109 Å². The summed E-state index contributed by atoms with van der Waals surface area (Å²) in [5, 5.41) is 0. The van der Waals surface area contributed by atoms with Gasteiger partial charge in [0.15, 0.2) is 0 Å². The molecule has 0 bridgehead atoms. The van der Waals surface area contributed by atoms with Gasteiger partial charge in [0.2, 0.25) is 0 Å². The molecule has 2 aliphatic heterocycles. The van der Waals surface area contributed by atoms with E-state index in [4.69, 9.17) is 4.99 Å². The molecule has 2 heterocycles. The molecule has 0 amide bonds. The molecule has 4 aromatic carbocycles. The Balaban J connectivity index is 0.00000160. The molecule has 0 saturated carbocycles. The highest BCUT2D eigenvalue weighted by atomic mass is 35.5. The van der Waals surface area contributed by atoms with E-state index in [0.717, 1.165) is 38.6 Å². The van der Waals surface area contributed by atoms with Crippen molar-refractivity contribution in [3.8, 4) is 0 Å². The van der Waals surface area contributed by atoms with Gasteiger partial charge in [-0.25, -0.2) is 0 Å². The Kier molecular flexibility index (Phi) is 8.83. The van der Waals surface area contributed by atoms with E-state index in [0.29, 0.717) is 0 Å². The van der Waals surface area contributed by atoms with Gasteiger partial charge in [-0.2, -0.15) is 0 Å². The van der Waals surface area contributed by atoms with Crippen LogP contribution in [0.1, 0.15) is 33.4 Å². The van der Waals surface area contributed by atoms with E-state index in [1.807, 2.05) is 0 Å². The second kappa shape index (κ2) is 12.2. The van der Waals surface area contributed by atoms with Gasteiger partial charge in [0.25, 0.3) is 0 Å². The number of aliphatic imine (C=N–C) groups is 1. The molecule has 0 fully saturated rings. The van der Waals surface area contributed by atoms with Gasteiger partial charge >= 0.3 is 0 Å². The van der Waals surface area contributed by atoms with Gasteiger partial charge in [-0.3, -0.25) is 9.89 Å². The van der Waals surface area contributed by atoms with Crippen LogP contribution in [0.5, 0.6) is 0 Å². The standard InChI is InChI=1S/C32H29N3.2ClH/c1-3-9-25(10-4-1)22-34(23-26-11-5-2-6-12-26)24-27-15-17-28(18-16-27)31-21-29-13-7-8-14-30(29)32-33-19-20-35(31)32;;/h1-18,21H,19-20,22-24H2;2*1H. The summed E-state index contributed by atoms with van der Waals surface area (Å²) in [6, 6.07) is 39.2. The largest absolute Gasteiger partial charge is 0.324 e. The predicted octanol–water partition coefficient (Wildman–Crippen LogP) is 7.31. The molecule has 3 nitrogen and oxygen atoms in total. The van der Waals surface area contributed by atoms with Crippen LogP contribution in [0.15, 0.2) is 114 Å². The minimum atomic E-state index is 0. The Hall–Kier alpha value is -3.37. The Bertz CT molecular complexity index is 1320. The van der Waals surface area contributed by atoms with Gasteiger partial charge in [0.05, 0.1) is 12.2 Å². The summed E-state index contributed by atoms with van der Waals surface area (Å²) in [7, 11) is 0. The van der Waals surface area contributed by atoms with Crippen LogP contribution in [0.3, 0.4) is 0 Å². The first-order chi connectivity index (χ1) is 17.3. The maximum absolute atomic E-state index is 4.81. The maximum Gasteiger partial charge on any atom is 0.136 e. The third-order valence-electron chi connectivity index (χ3n) is 6.78. The summed E-state index contributed by atoms with van der Waals surface area (Å²) in [5.74, 6) is 1.11. The summed E-state index contributed by atoms with van der Waals surface area (Å²) < 4.78 is 0. The van der Waals surface area contributed by atoms with Crippen molar-refractivity contribution < 1.29 is 0 Å². The number of amidine groups is 1. The van der Waals surface area contributed by atoms with Crippen LogP contribution in [0.4, 0.5) is 0 Å². The lowest BCUT2D eigenvalue weighted by Crippen LogP contribution is -2.30. The van der Waals surface area contributed by atoms with Gasteiger partial charge in [-0.05, 0) is 33.9 Å².